The first-order chi connectivity index (χ1) is 8.74. The summed E-state index contributed by atoms with van der Waals surface area (Å²) in [7, 11) is 0. The summed E-state index contributed by atoms with van der Waals surface area (Å²) in [5.41, 5.74) is 9.14. The van der Waals surface area contributed by atoms with E-state index in [2.05, 4.69) is 15.0 Å². The Kier molecular flexibility index (Phi) is 3.67. The molecule has 5 nitrogen and oxygen atoms in total. The molecule has 0 bridgehead atoms. The molecule has 0 radical (unpaired) electrons. The predicted octanol–water partition coefficient (Wildman–Crippen LogP) is 3.92. The first-order valence-corrected chi connectivity index (χ1v) is 5.55. The van der Waals surface area contributed by atoms with Crippen LogP contribution in [0.2, 0.25) is 5.02 Å². The van der Waals surface area contributed by atoms with Gasteiger partial charge in [-0.05, 0) is 23.7 Å². The number of pyridine rings is 1. The number of halogens is 1. The monoisotopic (exact) mass is 260 g/mol. The molecular formula is C12H9ClN4O. The van der Waals surface area contributed by atoms with E-state index in [0.29, 0.717) is 21.5 Å². The van der Waals surface area contributed by atoms with Crippen molar-refractivity contribution in [2.24, 2.45) is 5.11 Å². The van der Waals surface area contributed by atoms with Crippen LogP contribution in [0.1, 0.15) is 5.56 Å². The topological polar surface area (TPSA) is 81.9 Å². The summed E-state index contributed by atoms with van der Waals surface area (Å²) in [5, 5.41) is 14.6. The minimum atomic E-state index is 0.0622. The third-order valence-corrected chi connectivity index (χ3v) is 2.71. The molecule has 0 spiro atoms. The van der Waals surface area contributed by atoms with Crippen LogP contribution in [0.25, 0.3) is 27.4 Å². The van der Waals surface area contributed by atoms with Gasteiger partial charge in [0.1, 0.15) is 11.3 Å². The van der Waals surface area contributed by atoms with Gasteiger partial charge in [-0.2, -0.15) is 0 Å². The number of hydrogen-bond donors (Lipinski definition) is 1. The van der Waals surface area contributed by atoms with Crippen molar-refractivity contribution < 1.29 is 5.11 Å². The molecule has 18 heavy (non-hydrogen) atoms. The fourth-order valence-electron chi connectivity index (χ4n) is 1.60. The Morgan fingerprint density at radius 3 is 3.17 bits per heavy atom. The highest BCUT2D eigenvalue weighted by Gasteiger charge is 2.08. The van der Waals surface area contributed by atoms with Crippen LogP contribution in [-0.2, 0) is 0 Å². The Bertz CT molecular complexity index is 662. The van der Waals surface area contributed by atoms with Gasteiger partial charge < -0.3 is 5.11 Å². The molecule has 0 atom stereocenters. The summed E-state index contributed by atoms with van der Waals surface area (Å²) < 4.78 is 0. The second-order valence-corrected chi connectivity index (χ2v) is 3.92. The normalized spacial score (nSPS) is 10.7. The molecule has 2 rings (SSSR count). The van der Waals surface area contributed by atoms with E-state index in [1.165, 1.54) is 0 Å². The van der Waals surface area contributed by atoms with Crippen LogP contribution >= 0.6 is 11.6 Å². The summed E-state index contributed by atoms with van der Waals surface area (Å²) >= 11 is 6.11. The number of aromatic nitrogens is 1. The summed E-state index contributed by atoms with van der Waals surface area (Å²) in [6.07, 6.45) is 4.87. The Morgan fingerprint density at radius 2 is 2.39 bits per heavy atom. The first kappa shape index (κ1) is 12.2. The van der Waals surface area contributed by atoms with Crippen LogP contribution in [0.3, 0.4) is 0 Å². The molecular weight excluding hydrogens is 252 g/mol. The maximum absolute atomic E-state index is 10.1. The lowest BCUT2D eigenvalue weighted by atomic mass is 10.1. The maximum atomic E-state index is 10.1. The van der Waals surface area contributed by atoms with Crippen LogP contribution in [0, 0.1) is 0 Å². The van der Waals surface area contributed by atoms with Crippen LogP contribution < -0.4 is 0 Å². The molecule has 1 N–H and O–H groups in total. The molecule has 0 saturated heterocycles. The van der Waals surface area contributed by atoms with Crippen LogP contribution in [0.4, 0.5) is 0 Å². The fourth-order valence-corrected chi connectivity index (χ4v) is 1.87. The van der Waals surface area contributed by atoms with Crippen molar-refractivity contribution in [2.75, 3.05) is 6.54 Å². The quantitative estimate of drug-likeness (QED) is 0.515. The average molecular weight is 261 g/mol. The average Bonchev–Trinajstić information content (AvgIpc) is 2.40. The number of fused-ring (bicyclic) bond motifs is 1. The molecule has 1 aromatic carbocycles. The highest BCUT2D eigenvalue weighted by atomic mass is 35.5. The molecule has 0 amide bonds. The zero-order valence-corrected chi connectivity index (χ0v) is 10.0. The lowest BCUT2D eigenvalue weighted by molar-refractivity contribution is 0.479. The van der Waals surface area contributed by atoms with Crippen molar-refractivity contribution in [1.29, 1.82) is 0 Å². The first-order valence-electron chi connectivity index (χ1n) is 5.17. The van der Waals surface area contributed by atoms with E-state index in [1.54, 1.807) is 36.5 Å². The van der Waals surface area contributed by atoms with Gasteiger partial charge in [0.15, 0.2) is 0 Å². The number of azide groups is 1. The molecule has 0 aliphatic rings. The number of rotatable bonds is 3. The van der Waals surface area contributed by atoms with Crippen molar-refractivity contribution in [1.82, 2.24) is 4.98 Å². The van der Waals surface area contributed by atoms with E-state index in [0.717, 1.165) is 0 Å². The minimum absolute atomic E-state index is 0.0622. The van der Waals surface area contributed by atoms with Crippen molar-refractivity contribution in [3.05, 3.63) is 51.5 Å². The van der Waals surface area contributed by atoms with Crippen LogP contribution in [0.15, 0.2) is 35.6 Å². The van der Waals surface area contributed by atoms with Gasteiger partial charge in [0.2, 0.25) is 0 Å². The van der Waals surface area contributed by atoms with Gasteiger partial charge in [-0.15, -0.1) is 0 Å². The van der Waals surface area contributed by atoms with Gasteiger partial charge in [0.05, 0.1) is 5.02 Å². The molecule has 90 valence electrons. The third-order valence-electron chi connectivity index (χ3n) is 2.39. The third kappa shape index (κ3) is 2.37. The number of phenols is 1. The Labute approximate surface area is 108 Å². The number of benzene rings is 1. The van der Waals surface area contributed by atoms with E-state index < -0.39 is 0 Å². The summed E-state index contributed by atoms with van der Waals surface area (Å²) in [6.45, 7) is 0.216. The highest BCUT2D eigenvalue weighted by Crippen LogP contribution is 2.33. The maximum Gasteiger partial charge on any atom is 0.149 e. The molecule has 2 aromatic rings. The number of phenolic OH excluding ortho intramolecular Hbond substituents is 1. The van der Waals surface area contributed by atoms with E-state index in [1.807, 2.05) is 0 Å². The predicted molar refractivity (Wildman–Crippen MR) is 71.5 cm³/mol. The molecule has 6 heteroatoms. The zero-order valence-electron chi connectivity index (χ0n) is 9.29. The van der Waals surface area contributed by atoms with Gasteiger partial charge >= 0.3 is 0 Å². The summed E-state index contributed by atoms with van der Waals surface area (Å²) in [4.78, 5) is 6.73. The minimum Gasteiger partial charge on any atom is -0.505 e. The lowest BCUT2D eigenvalue weighted by Gasteiger charge is -2.05. The van der Waals surface area contributed by atoms with Gasteiger partial charge in [0, 0.05) is 28.6 Å². The van der Waals surface area contributed by atoms with Gasteiger partial charge in [-0.3, -0.25) is 4.98 Å². The van der Waals surface area contributed by atoms with Gasteiger partial charge in [0.25, 0.3) is 0 Å². The van der Waals surface area contributed by atoms with Crippen LogP contribution in [-0.4, -0.2) is 16.6 Å². The van der Waals surface area contributed by atoms with E-state index in [9.17, 15) is 5.11 Å². The molecule has 0 saturated carbocycles. The Balaban J connectivity index is 2.49. The second-order valence-electron chi connectivity index (χ2n) is 3.51. The Hall–Kier alpha value is -2.23. The van der Waals surface area contributed by atoms with E-state index >= 15 is 0 Å². The zero-order chi connectivity index (χ0) is 13.0. The second kappa shape index (κ2) is 5.40. The molecule has 0 aliphatic carbocycles. The molecule has 0 fully saturated rings. The summed E-state index contributed by atoms with van der Waals surface area (Å²) in [5.74, 6) is 0.0622. The molecule has 1 heterocycles. The molecule has 1 aromatic heterocycles. The van der Waals surface area contributed by atoms with E-state index in [-0.39, 0.29) is 12.3 Å². The Morgan fingerprint density at radius 1 is 1.56 bits per heavy atom. The van der Waals surface area contributed by atoms with E-state index in [4.69, 9.17) is 17.1 Å². The van der Waals surface area contributed by atoms with Crippen molar-refractivity contribution in [3.8, 4) is 5.75 Å². The smallest absolute Gasteiger partial charge is 0.149 e. The highest BCUT2D eigenvalue weighted by molar-refractivity contribution is 6.35. The number of aromatic hydroxyl groups is 1. The molecule has 0 aliphatic heterocycles. The fraction of sp³-hybridized carbons (Fsp3) is 0.0833. The van der Waals surface area contributed by atoms with Crippen molar-refractivity contribution >= 4 is 28.6 Å². The lowest BCUT2D eigenvalue weighted by Crippen LogP contribution is -1.84. The van der Waals surface area contributed by atoms with Crippen molar-refractivity contribution in [2.45, 2.75) is 0 Å². The largest absolute Gasteiger partial charge is 0.505 e. The SMILES string of the molecule is [N-]=[N+]=NCC=Cc1cc(Cl)c2cccnc2c1O. The van der Waals surface area contributed by atoms with Gasteiger partial charge in [-0.1, -0.05) is 28.9 Å². The number of hydrogen-bond acceptors (Lipinski definition) is 3. The number of nitrogens with zero attached hydrogens (tertiary/aromatic N) is 4. The molecule has 0 unspecified atom stereocenters. The van der Waals surface area contributed by atoms with Gasteiger partial charge in [-0.25, -0.2) is 0 Å². The summed E-state index contributed by atoms with van der Waals surface area (Å²) in [6, 6.07) is 5.19. The van der Waals surface area contributed by atoms with Crippen LogP contribution in [0.5, 0.6) is 5.75 Å². The standard InChI is InChI=1S/C12H9ClN4O/c13-10-7-8(3-1-6-16-17-14)12(18)11-9(10)4-2-5-15-11/h1-5,7,18H,6H2. The van der Waals surface area contributed by atoms with Crippen molar-refractivity contribution in [3.63, 3.8) is 0 Å².